The van der Waals surface area contributed by atoms with Gasteiger partial charge in [0, 0.05) is 4.88 Å². The van der Waals surface area contributed by atoms with Crippen molar-refractivity contribution in [1.82, 2.24) is 0 Å². The van der Waals surface area contributed by atoms with Crippen LogP contribution < -0.4 is 0 Å². The zero-order valence-electron chi connectivity index (χ0n) is 8.05. The fourth-order valence-electron chi connectivity index (χ4n) is 1.22. The number of hydrogen-bond donors (Lipinski definition) is 1. The minimum atomic E-state index is 0.684. The molecule has 0 saturated heterocycles. The maximum Gasteiger partial charge on any atom is 0.0850 e. The van der Waals surface area contributed by atoms with Gasteiger partial charge in [-0.15, -0.1) is 11.3 Å². The summed E-state index contributed by atoms with van der Waals surface area (Å²) in [5.74, 6) is 0. The standard InChI is InChI=1S/C12H10N2S/c13-14-11-6-3-10(4-7-11)5-8-12-2-1-9-15-12/h1-9,13H/b8-5+,14-13?. The van der Waals surface area contributed by atoms with Gasteiger partial charge in [0.15, 0.2) is 0 Å². The highest BCUT2D eigenvalue weighted by Crippen LogP contribution is 2.16. The maximum absolute atomic E-state index is 6.84. The van der Waals surface area contributed by atoms with E-state index >= 15 is 0 Å². The number of nitrogens with one attached hydrogen (secondary N) is 1. The van der Waals surface area contributed by atoms with E-state index in [-0.39, 0.29) is 0 Å². The molecule has 1 heterocycles. The molecule has 2 aromatic rings. The molecule has 2 rings (SSSR count). The minimum Gasteiger partial charge on any atom is -0.204 e. The predicted molar refractivity (Wildman–Crippen MR) is 64.5 cm³/mol. The van der Waals surface area contributed by atoms with Crippen LogP contribution in [0, 0.1) is 5.53 Å². The summed E-state index contributed by atoms with van der Waals surface area (Å²) in [6.07, 6.45) is 4.14. The quantitative estimate of drug-likeness (QED) is 0.726. The van der Waals surface area contributed by atoms with Gasteiger partial charge in [-0.2, -0.15) is 5.11 Å². The number of hydrogen-bond acceptors (Lipinski definition) is 3. The number of nitrogens with zero attached hydrogens (tertiary/aromatic N) is 1. The molecule has 0 aliphatic carbocycles. The van der Waals surface area contributed by atoms with Crippen LogP contribution in [0.2, 0.25) is 0 Å². The van der Waals surface area contributed by atoms with Crippen molar-refractivity contribution in [3.63, 3.8) is 0 Å². The summed E-state index contributed by atoms with van der Waals surface area (Å²) in [4.78, 5) is 1.24. The number of thiophene rings is 1. The molecule has 0 aliphatic heterocycles. The van der Waals surface area contributed by atoms with E-state index < -0.39 is 0 Å². The van der Waals surface area contributed by atoms with Crippen LogP contribution in [0.15, 0.2) is 46.9 Å². The molecule has 1 N–H and O–H groups in total. The van der Waals surface area contributed by atoms with Crippen LogP contribution in [0.3, 0.4) is 0 Å². The van der Waals surface area contributed by atoms with Gasteiger partial charge in [-0.25, -0.2) is 5.53 Å². The molecule has 0 fully saturated rings. The first-order valence-electron chi connectivity index (χ1n) is 4.57. The summed E-state index contributed by atoms with van der Waals surface area (Å²) < 4.78 is 0. The van der Waals surface area contributed by atoms with E-state index in [9.17, 15) is 0 Å². The van der Waals surface area contributed by atoms with E-state index in [0.29, 0.717) is 5.69 Å². The molecule has 0 spiro atoms. The van der Waals surface area contributed by atoms with Gasteiger partial charge in [0.2, 0.25) is 0 Å². The summed E-state index contributed by atoms with van der Waals surface area (Å²) in [5.41, 5.74) is 8.64. The molecule has 0 bridgehead atoms. The molecule has 0 aliphatic rings. The summed E-state index contributed by atoms with van der Waals surface area (Å²) in [5, 5.41) is 5.41. The first-order valence-corrected chi connectivity index (χ1v) is 5.45. The SMILES string of the molecule is N=Nc1ccc(/C=C/c2cccs2)cc1. The highest BCUT2D eigenvalue weighted by molar-refractivity contribution is 7.10. The maximum atomic E-state index is 6.84. The van der Waals surface area contributed by atoms with Gasteiger partial charge in [0.1, 0.15) is 0 Å². The molecule has 2 nitrogen and oxygen atoms in total. The third-order valence-electron chi connectivity index (χ3n) is 2.01. The van der Waals surface area contributed by atoms with Crippen molar-refractivity contribution in [2.45, 2.75) is 0 Å². The molecule has 0 unspecified atom stereocenters. The lowest BCUT2D eigenvalue weighted by Gasteiger charge is -1.93. The molecule has 0 radical (unpaired) electrons. The van der Waals surface area contributed by atoms with Gasteiger partial charge >= 0.3 is 0 Å². The number of benzene rings is 1. The molecule has 0 amide bonds. The van der Waals surface area contributed by atoms with Crippen LogP contribution in [0.4, 0.5) is 5.69 Å². The van der Waals surface area contributed by atoms with Gasteiger partial charge in [0.05, 0.1) is 5.69 Å². The van der Waals surface area contributed by atoms with Gasteiger partial charge < -0.3 is 0 Å². The van der Waals surface area contributed by atoms with Crippen LogP contribution >= 0.6 is 11.3 Å². The second kappa shape index (κ2) is 4.66. The second-order valence-electron chi connectivity index (χ2n) is 3.05. The van der Waals surface area contributed by atoms with Gasteiger partial charge in [-0.1, -0.05) is 24.3 Å². The third kappa shape index (κ3) is 2.60. The third-order valence-corrected chi connectivity index (χ3v) is 2.84. The van der Waals surface area contributed by atoms with E-state index in [0.717, 1.165) is 5.56 Å². The molecule has 3 heteroatoms. The average molecular weight is 214 g/mol. The van der Waals surface area contributed by atoms with Crippen molar-refractivity contribution in [3.8, 4) is 0 Å². The first kappa shape index (κ1) is 9.80. The van der Waals surface area contributed by atoms with Crippen LogP contribution in [-0.4, -0.2) is 0 Å². The van der Waals surface area contributed by atoms with Crippen molar-refractivity contribution in [1.29, 1.82) is 5.53 Å². The molecular formula is C12H10N2S. The highest BCUT2D eigenvalue weighted by Gasteiger charge is 1.90. The van der Waals surface area contributed by atoms with Gasteiger partial charge in [0.25, 0.3) is 0 Å². The predicted octanol–water partition coefficient (Wildman–Crippen LogP) is 4.58. The Hall–Kier alpha value is -1.74. The second-order valence-corrected chi connectivity index (χ2v) is 4.03. The lowest BCUT2D eigenvalue weighted by atomic mass is 10.2. The molecule has 74 valence electrons. The van der Waals surface area contributed by atoms with Gasteiger partial charge in [-0.05, 0) is 35.2 Å². The Morgan fingerprint density at radius 3 is 2.47 bits per heavy atom. The van der Waals surface area contributed by atoms with Crippen molar-refractivity contribution >= 4 is 29.2 Å². The van der Waals surface area contributed by atoms with E-state index in [1.807, 2.05) is 30.3 Å². The lowest BCUT2D eigenvalue weighted by molar-refractivity contribution is 1.15. The Morgan fingerprint density at radius 2 is 1.87 bits per heavy atom. The van der Waals surface area contributed by atoms with E-state index in [1.165, 1.54) is 4.88 Å². The van der Waals surface area contributed by atoms with Crippen LogP contribution in [0.1, 0.15) is 10.4 Å². The number of rotatable bonds is 3. The molecule has 15 heavy (non-hydrogen) atoms. The summed E-state index contributed by atoms with van der Waals surface area (Å²) in [6, 6.07) is 11.7. The van der Waals surface area contributed by atoms with Crippen LogP contribution in [0.25, 0.3) is 12.2 Å². The topological polar surface area (TPSA) is 36.2 Å². The van der Waals surface area contributed by atoms with Crippen molar-refractivity contribution in [2.24, 2.45) is 5.11 Å². The fourth-order valence-corrected chi connectivity index (χ4v) is 1.84. The molecule has 1 aromatic carbocycles. The lowest BCUT2D eigenvalue weighted by Crippen LogP contribution is -1.69. The summed E-state index contributed by atoms with van der Waals surface area (Å²) in [6.45, 7) is 0. The first-order chi connectivity index (χ1) is 7.38. The smallest absolute Gasteiger partial charge is 0.0850 e. The Labute approximate surface area is 92.4 Å². The Bertz CT molecular complexity index is 455. The van der Waals surface area contributed by atoms with Gasteiger partial charge in [-0.3, -0.25) is 0 Å². The van der Waals surface area contributed by atoms with E-state index in [1.54, 1.807) is 11.3 Å². The minimum absolute atomic E-state index is 0.684. The van der Waals surface area contributed by atoms with Crippen molar-refractivity contribution in [3.05, 3.63) is 52.2 Å². The van der Waals surface area contributed by atoms with Crippen LogP contribution in [-0.2, 0) is 0 Å². The molecular weight excluding hydrogens is 204 g/mol. The van der Waals surface area contributed by atoms with Crippen molar-refractivity contribution in [2.75, 3.05) is 0 Å². The zero-order chi connectivity index (χ0) is 10.5. The van der Waals surface area contributed by atoms with E-state index in [2.05, 4.69) is 28.7 Å². The Balaban J connectivity index is 2.14. The highest BCUT2D eigenvalue weighted by atomic mass is 32.1. The summed E-state index contributed by atoms with van der Waals surface area (Å²) in [7, 11) is 0. The normalized spacial score (nSPS) is 10.7. The molecule has 0 saturated carbocycles. The van der Waals surface area contributed by atoms with Crippen LogP contribution in [0.5, 0.6) is 0 Å². The Kier molecular flexibility index (Phi) is 3.05. The fraction of sp³-hybridized carbons (Fsp3) is 0. The zero-order valence-corrected chi connectivity index (χ0v) is 8.87. The monoisotopic (exact) mass is 214 g/mol. The molecule has 0 atom stereocenters. The molecule has 1 aromatic heterocycles. The summed E-state index contributed by atoms with van der Waals surface area (Å²) >= 11 is 1.71. The van der Waals surface area contributed by atoms with Crippen molar-refractivity contribution < 1.29 is 0 Å². The Morgan fingerprint density at radius 1 is 1.07 bits per heavy atom. The van der Waals surface area contributed by atoms with E-state index in [4.69, 9.17) is 5.53 Å². The largest absolute Gasteiger partial charge is 0.204 e. The average Bonchev–Trinajstić information content (AvgIpc) is 2.80.